The third-order valence-corrected chi connectivity index (χ3v) is 4.78. The maximum atomic E-state index is 12.9. The lowest BCUT2D eigenvalue weighted by Crippen LogP contribution is -2.50. The van der Waals surface area contributed by atoms with E-state index in [2.05, 4.69) is 4.94 Å². The standard InChI is InChI=1S/C19H14F4N2O2/c20-19(21,22)14-4-5-17-12(8-14)6-7-25(17)16-3-1-2-15(9-16)24-10-13(11-24)18(26)27-23/h1-9,13H,10-11H2. The van der Waals surface area contributed by atoms with E-state index in [4.69, 9.17) is 0 Å². The molecule has 27 heavy (non-hydrogen) atoms. The summed E-state index contributed by atoms with van der Waals surface area (Å²) in [5.41, 5.74) is 1.58. The number of hydrogen-bond acceptors (Lipinski definition) is 3. The van der Waals surface area contributed by atoms with Crippen LogP contribution in [0.15, 0.2) is 54.7 Å². The Balaban J connectivity index is 1.62. The minimum absolute atomic E-state index is 0.355. The van der Waals surface area contributed by atoms with E-state index in [1.54, 1.807) is 16.8 Å². The minimum atomic E-state index is -4.38. The van der Waals surface area contributed by atoms with Crippen LogP contribution in [0.5, 0.6) is 0 Å². The number of carbonyl (C=O) groups is 1. The van der Waals surface area contributed by atoms with Gasteiger partial charge in [-0.3, -0.25) is 4.94 Å². The Bertz CT molecular complexity index is 1010. The Morgan fingerprint density at radius 2 is 1.78 bits per heavy atom. The Morgan fingerprint density at radius 1 is 1.04 bits per heavy atom. The molecule has 1 aliphatic heterocycles. The van der Waals surface area contributed by atoms with Gasteiger partial charge in [0.2, 0.25) is 0 Å². The maximum absolute atomic E-state index is 12.9. The molecule has 140 valence electrons. The molecular weight excluding hydrogens is 364 g/mol. The van der Waals surface area contributed by atoms with Crippen molar-refractivity contribution in [1.29, 1.82) is 0 Å². The molecule has 2 heterocycles. The summed E-state index contributed by atoms with van der Waals surface area (Å²) >= 11 is 0. The van der Waals surface area contributed by atoms with Crippen LogP contribution in [0.25, 0.3) is 16.6 Å². The number of hydrogen-bond donors (Lipinski definition) is 0. The number of aromatic nitrogens is 1. The van der Waals surface area contributed by atoms with Crippen LogP contribution in [-0.4, -0.2) is 23.6 Å². The van der Waals surface area contributed by atoms with E-state index in [9.17, 15) is 22.5 Å². The molecule has 0 bridgehead atoms. The molecule has 1 saturated heterocycles. The van der Waals surface area contributed by atoms with Crippen LogP contribution in [0.2, 0.25) is 0 Å². The summed E-state index contributed by atoms with van der Waals surface area (Å²) < 4.78 is 52.4. The van der Waals surface area contributed by atoms with Gasteiger partial charge >= 0.3 is 12.1 Å². The van der Waals surface area contributed by atoms with Gasteiger partial charge in [-0.1, -0.05) is 6.07 Å². The molecule has 1 fully saturated rings. The second-order valence-corrected chi connectivity index (χ2v) is 6.48. The first-order chi connectivity index (χ1) is 12.9. The SMILES string of the molecule is O=C(OF)C1CN(c2cccc(-n3ccc4cc(C(F)(F)F)ccc43)c2)C1. The van der Waals surface area contributed by atoms with Crippen LogP contribution in [0, 0.1) is 5.92 Å². The van der Waals surface area contributed by atoms with Crippen molar-refractivity contribution in [2.24, 2.45) is 5.92 Å². The Labute approximate surface area is 151 Å². The predicted octanol–water partition coefficient (Wildman–Crippen LogP) is 4.51. The van der Waals surface area contributed by atoms with Crippen LogP contribution in [0.4, 0.5) is 23.4 Å². The summed E-state index contributed by atoms with van der Waals surface area (Å²) in [6, 6.07) is 12.6. The lowest BCUT2D eigenvalue weighted by Gasteiger charge is -2.38. The maximum Gasteiger partial charge on any atom is 0.416 e. The van der Waals surface area contributed by atoms with Crippen molar-refractivity contribution in [3.05, 3.63) is 60.3 Å². The number of rotatable bonds is 3. The quantitative estimate of drug-likeness (QED) is 0.629. The summed E-state index contributed by atoms with van der Waals surface area (Å²) in [6.45, 7) is 0.709. The van der Waals surface area contributed by atoms with E-state index in [0.29, 0.717) is 24.0 Å². The van der Waals surface area contributed by atoms with Crippen molar-refractivity contribution in [2.45, 2.75) is 6.18 Å². The second-order valence-electron chi connectivity index (χ2n) is 6.48. The predicted molar refractivity (Wildman–Crippen MR) is 91.2 cm³/mol. The molecule has 0 radical (unpaired) electrons. The molecule has 4 nitrogen and oxygen atoms in total. The van der Waals surface area contributed by atoms with Crippen molar-refractivity contribution in [3.8, 4) is 5.69 Å². The number of anilines is 1. The summed E-state index contributed by atoms with van der Waals surface area (Å²) in [7, 11) is 0. The molecule has 0 aliphatic carbocycles. The zero-order valence-electron chi connectivity index (χ0n) is 13.9. The van der Waals surface area contributed by atoms with Crippen molar-refractivity contribution in [3.63, 3.8) is 0 Å². The van der Waals surface area contributed by atoms with Gasteiger partial charge in [0.15, 0.2) is 0 Å². The van der Waals surface area contributed by atoms with E-state index >= 15 is 0 Å². The molecule has 3 aromatic rings. The third kappa shape index (κ3) is 3.11. The smallest absolute Gasteiger partial charge is 0.370 e. The molecule has 1 aromatic heterocycles. The average molecular weight is 378 g/mol. The number of halogens is 4. The van der Waals surface area contributed by atoms with E-state index in [-0.39, 0.29) is 0 Å². The highest BCUT2D eigenvalue weighted by molar-refractivity contribution is 5.83. The van der Waals surface area contributed by atoms with E-state index in [1.807, 2.05) is 29.2 Å². The fourth-order valence-electron chi connectivity index (χ4n) is 3.29. The van der Waals surface area contributed by atoms with Gasteiger partial charge in [0.1, 0.15) is 0 Å². The zero-order chi connectivity index (χ0) is 19.2. The zero-order valence-corrected chi connectivity index (χ0v) is 13.9. The Kier molecular flexibility index (Phi) is 4.05. The van der Waals surface area contributed by atoms with Gasteiger partial charge in [0.25, 0.3) is 0 Å². The first kappa shape index (κ1) is 17.4. The minimum Gasteiger partial charge on any atom is -0.370 e. The second kappa shape index (κ2) is 6.29. The summed E-state index contributed by atoms with van der Waals surface area (Å²) in [4.78, 5) is 16.3. The van der Waals surface area contributed by atoms with Crippen molar-refractivity contribution in [2.75, 3.05) is 18.0 Å². The third-order valence-electron chi connectivity index (χ3n) is 4.78. The van der Waals surface area contributed by atoms with Gasteiger partial charge in [-0.15, -0.1) is 0 Å². The van der Waals surface area contributed by atoms with Crippen LogP contribution in [0.1, 0.15) is 5.56 Å². The van der Waals surface area contributed by atoms with Gasteiger partial charge in [-0.25, -0.2) is 4.79 Å². The Morgan fingerprint density at radius 3 is 2.48 bits per heavy atom. The molecule has 0 spiro atoms. The summed E-state index contributed by atoms with van der Waals surface area (Å²) in [5.74, 6) is -1.37. The molecule has 0 N–H and O–H groups in total. The molecule has 1 aliphatic rings. The molecule has 0 saturated carbocycles. The number of alkyl halides is 3. The lowest BCUT2D eigenvalue weighted by molar-refractivity contribution is -0.189. The number of fused-ring (bicyclic) bond motifs is 1. The van der Waals surface area contributed by atoms with Crippen molar-refractivity contribution >= 4 is 22.6 Å². The summed E-state index contributed by atoms with van der Waals surface area (Å²) in [5, 5.41) is 0.491. The van der Waals surface area contributed by atoms with Gasteiger partial charge in [-0.05, 0) is 42.5 Å². The van der Waals surface area contributed by atoms with Crippen LogP contribution in [-0.2, 0) is 15.9 Å². The van der Waals surface area contributed by atoms with Gasteiger partial charge in [0.05, 0.1) is 17.0 Å². The first-order valence-electron chi connectivity index (χ1n) is 8.23. The molecule has 8 heteroatoms. The lowest BCUT2D eigenvalue weighted by atomic mass is 9.99. The van der Waals surface area contributed by atoms with Gasteiger partial charge in [-0.2, -0.15) is 13.2 Å². The normalized spacial score (nSPS) is 15.0. The molecule has 2 aromatic carbocycles. The molecule has 4 rings (SSSR count). The first-order valence-corrected chi connectivity index (χ1v) is 8.23. The number of benzene rings is 2. The highest BCUT2D eigenvalue weighted by Crippen LogP contribution is 2.33. The van der Waals surface area contributed by atoms with Crippen LogP contribution < -0.4 is 4.90 Å². The van der Waals surface area contributed by atoms with Crippen molar-refractivity contribution < 1.29 is 27.4 Å². The monoisotopic (exact) mass is 378 g/mol. The molecule has 0 unspecified atom stereocenters. The molecule has 0 atom stereocenters. The van der Waals surface area contributed by atoms with Crippen LogP contribution in [0.3, 0.4) is 0 Å². The molecule has 0 amide bonds. The van der Waals surface area contributed by atoms with E-state index < -0.39 is 23.6 Å². The number of carbonyl (C=O) groups excluding carboxylic acids is 1. The fraction of sp³-hybridized carbons (Fsp3) is 0.211. The van der Waals surface area contributed by atoms with Crippen molar-refractivity contribution in [1.82, 2.24) is 4.57 Å². The highest BCUT2D eigenvalue weighted by atomic mass is 19.4. The van der Waals surface area contributed by atoms with E-state index in [1.165, 1.54) is 6.07 Å². The van der Waals surface area contributed by atoms with E-state index in [0.717, 1.165) is 23.5 Å². The van der Waals surface area contributed by atoms with Crippen LogP contribution >= 0.6 is 0 Å². The Hall–Kier alpha value is -3.03. The number of nitrogens with zero attached hydrogens (tertiary/aromatic N) is 2. The largest absolute Gasteiger partial charge is 0.416 e. The highest BCUT2D eigenvalue weighted by Gasteiger charge is 2.35. The topological polar surface area (TPSA) is 34.5 Å². The summed E-state index contributed by atoms with van der Waals surface area (Å²) in [6.07, 6.45) is -2.67. The van der Waals surface area contributed by atoms with Gasteiger partial charge in [0, 0.05) is 40.6 Å². The van der Waals surface area contributed by atoms with Gasteiger partial charge < -0.3 is 9.47 Å². The average Bonchev–Trinajstić information content (AvgIpc) is 3.03. The fourth-order valence-corrected chi connectivity index (χ4v) is 3.29. The molecular formula is C19H14F4N2O2.